The smallest absolute Gasteiger partial charge is 0.308 e. The van der Waals surface area contributed by atoms with Crippen LogP contribution in [0.2, 0.25) is 0 Å². The van der Waals surface area contributed by atoms with Crippen LogP contribution >= 0.6 is 0 Å². The Bertz CT molecular complexity index is 509. The lowest BCUT2D eigenvalue weighted by atomic mass is 10.2. The first-order chi connectivity index (χ1) is 8.16. The van der Waals surface area contributed by atoms with Crippen LogP contribution in [0.15, 0.2) is 30.3 Å². The van der Waals surface area contributed by atoms with Crippen molar-refractivity contribution < 1.29 is 9.90 Å². The molecule has 0 aliphatic heterocycles. The third-order valence-electron chi connectivity index (χ3n) is 2.34. The number of aliphatic carboxylic acids is 1. The maximum atomic E-state index is 10.7. The number of carbonyl (C=O) groups is 1. The highest BCUT2D eigenvalue weighted by molar-refractivity contribution is 5.69. The van der Waals surface area contributed by atoms with Crippen molar-refractivity contribution >= 4 is 5.97 Å². The third-order valence-corrected chi connectivity index (χ3v) is 2.34. The predicted octanol–water partition coefficient (Wildman–Crippen LogP) is 1.06. The molecule has 1 heterocycles. The zero-order chi connectivity index (χ0) is 12.3. The highest BCUT2D eigenvalue weighted by Gasteiger charge is 2.14. The molecular weight excluding hydrogens is 220 g/mol. The van der Waals surface area contributed by atoms with Crippen LogP contribution < -0.4 is 0 Å². The van der Waals surface area contributed by atoms with E-state index in [1.807, 2.05) is 30.3 Å². The Labute approximate surface area is 97.9 Å². The van der Waals surface area contributed by atoms with Gasteiger partial charge in [0.05, 0.1) is 12.5 Å². The van der Waals surface area contributed by atoms with Gasteiger partial charge >= 0.3 is 5.97 Å². The molecule has 2 aromatic rings. The maximum absolute atomic E-state index is 10.7. The highest BCUT2D eigenvalue weighted by atomic mass is 16.4. The second-order valence-electron chi connectivity index (χ2n) is 3.77. The summed E-state index contributed by atoms with van der Waals surface area (Å²) < 4.78 is 0. The van der Waals surface area contributed by atoms with E-state index in [0.29, 0.717) is 5.82 Å². The van der Waals surface area contributed by atoms with Gasteiger partial charge in [-0.25, -0.2) is 0 Å². The quantitative estimate of drug-likeness (QED) is 0.852. The van der Waals surface area contributed by atoms with Crippen LogP contribution in [0.5, 0.6) is 0 Å². The van der Waals surface area contributed by atoms with Gasteiger partial charge in [0.25, 0.3) is 0 Å². The number of carboxylic acids is 1. The summed E-state index contributed by atoms with van der Waals surface area (Å²) >= 11 is 0. The van der Waals surface area contributed by atoms with Crippen LogP contribution in [0.4, 0.5) is 0 Å². The monoisotopic (exact) mass is 232 g/mol. The average molecular weight is 232 g/mol. The van der Waals surface area contributed by atoms with Crippen molar-refractivity contribution in [3.8, 4) is 11.4 Å². The van der Waals surface area contributed by atoms with Crippen LogP contribution in [0.1, 0.15) is 6.92 Å². The van der Waals surface area contributed by atoms with Gasteiger partial charge in [-0.1, -0.05) is 37.3 Å². The molecule has 6 heteroatoms. The summed E-state index contributed by atoms with van der Waals surface area (Å²) in [7, 11) is 0. The molecule has 2 rings (SSSR count). The van der Waals surface area contributed by atoms with E-state index in [0.717, 1.165) is 5.56 Å². The molecule has 0 bridgehead atoms. The van der Waals surface area contributed by atoms with E-state index in [-0.39, 0.29) is 6.54 Å². The molecule has 0 saturated carbocycles. The Balaban J connectivity index is 2.14. The lowest BCUT2D eigenvalue weighted by Gasteiger charge is -2.02. The van der Waals surface area contributed by atoms with Crippen molar-refractivity contribution in [2.75, 3.05) is 0 Å². The molecular formula is C11H12N4O2. The summed E-state index contributed by atoms with van der Waals surface area (Å²) in [6, 6.07) is 9.43. The normalized spacial score (nSPS) is 12.3. The van der Waals surface area contributed by atoms with Gasteiger partial charge in [0.15, 0.2) is 0 Å². The molecule has 0 aliphatic rings. The summed E-state index contributed by atoms with van der Waals surface area (Å²) in [6.07, 6.45) is 0. The first-order valence-corrected chi connectivity index (χ1v) is 5.23. The van der Waals surface area contributed by atoms with Crippen molar-refractivity contribution in [3.63, 3.8) is 0 Å². The van der Waals surface area contributed by atoms with Gasteiger partial charge in [0.2, 0.25) is 5.82 Å². The van der Waals surface area contributed by atoms with Gasteiger partial charge in [0, 0.05) is 5.56 Å². The minimum Gasteiger partial charge on any atom is -0.481 e. The van der Waals surface area contributed by atoms with Gasteiger partial charge in [0.1, 0.15) is 0 Å². The summed E-state index contributed by atoms with van der Waals surface area (Å²) in [5, 5.41) is 20.6. The number of hydrogen-bond donors (Lipinski definition) is 1. The zero-order valence-electron chi connectivity index (χ0n) is 9.32. The molecule has 17 heavy (non-hydrogen) atoms. The molecule has 1 unspecified atom stereocenters. The number of aromatic nitrogens is 4. The standard InChI is InChI=1S/C11H12N4O2/c1-8(11(16)17)7-15-13-10(12-14-15)9-5-3-2-4-6-9/h2-6,8H,7H2,1H3,(H,16,17). The Kier molecular flexibility index (Phi) is 3.13. The fourth-order valence-corrected chi connectivity index (χ4v) is 1.35. The molecule has 6 nitrogen and oxygen atoms in total. The fraction of sp³-hybridized carbons (Fsp3) is 0.273. The Morgan fingerprint density at radius 3 is 2.76 bits per heavy atom. The van der Waals surface area contributed by atoms with Crippen molar-refractivity contribution in [2.24, 2.45) is 5.92 Å². The van der Waals surface area contributed by atoms with E-state index in [2.05, 4.69) is 15.4 Å². The SMILES string of the molecule is CC(Cn1nnc(-c2ccccc2)n1)C(=O)O. The number of benzene rings is 1. The molecule has 88 valence electrons. The van der Waals surface area contributed by atoms with E-state index in [4.69, 9.17) is 5.11 Å². The Hall–Kier alpha value is -2.24. The number of rotatable bonds is 4. The second-order valence-corrected chi connectivity index (χ2v) is 3.77. The van der Waals surface area contributed by atoms with Gasteiger partial charge in [-0.2, -0.15) is 4.80 Å². The minimum absolute atomic E-state index is 0.217. The molecule has 1 aromatic carbocycles. The van der Waals surface area contributed by atoms with Crippen LogP contribution in [-0.4, -0.2) is 31.3 Å². The first kappa shape index (κ1) is 11.3. The van der Waals surface area contributed by atoms with Gasteiger partial charge < -0.3 is 5.11 Å². The van der Waals surface area contributed by atoms with E-state index in [9.17, 15) is 4.79 Å². The molecule has 0 spiro atoms. The summed E-state index contributed by atoms with van der Waals surface area (Å²) in [6.45, 7) is 1.82. The number of carboxylic acid groups (broad SMARTS) is 1. The number of nitrogens with zero attached hydrogens (tertiary/aromatic N) is 4. The van der Waals surface area contributed by atoms with Crippen molar-refractivity contribution in [1.29, 1.82) is 0 Å². The third kappa shape index (κ3) is 2.66. The largest absolute Gasteiger partial charge is 0.481 e. The Morgan fingerprint density at radius 2 is 2.12 bits per heavy atom. The fourth-order valence-electron chi connectivity index (χ4n) is 1.35. The molecule has 1 N–H and O–H groups in total. The van der Waals surface area contributed by atoms with Crippen molar-refractivity contribution in [1.82, 2.24) is 20.2 Å². The number of tetrazole rings is 1. The molecule has 1 atom stereocenters. The molecule has 0 radical (unpaired) electrons. The van der Waals surface area contributed by atoms with Gasteiger partial charge in [-0.05, 0) is 5.21 Å². The highest BCUT2D eigenvalue weighted by Crippen LogP contribution is 2.12. The second kappa shape index (κ2) is 4.73. The summed E-state index contributed by atoms with van der Waals surface area (Å²) in [5.74, 6) is -0.903. The lowest BCUT2D eigenvalue weighted by molar-refractivity contribution is -0.141. The van der Waals surface area contributed by atoms with Gasteiger partial charge in [-0.3, -0.25) is 4.79 Å². The number of hydrogen-bond acceptors (Lipinski definition) is 4. The van der Waals surface area contributed by atoms with Crippen molar-refractivity contribution in [3.05, 3.63) is 30.3 Å². The van der Waals surface area contributed by atoms with Crippen LogP contribution in [-0.2, 0) is 11.3 Å². The van der Waals surface area contributed by atoms with Crippen molar-refractivity contribution in [2.45, 2.75) is 13.5 Å². The van der Waals surface area contributed by atoms with E-state index < -0.39 is 11.9 Å². The summed E-state index contributed by atoms with van der Waals surface area (Å²) in [5.41, 5.74) is 0.863. The molecule has 0 aliphatic carbocycles. The molecule has 0 amide bonds. The van der Waals surface area contributed by atoms with E-state index in [1.165, 1.54) is 4.80 Å². The molecule has 0 fully saturated rings. The minimum atomic E-state index is -0.872. The average Bonchev–Trinajstić information content (AvgIpc) is 2.78. The maximum Gasteiger partial charge on any atom is 0.308 e. The Morgan fingerprint density at radius 1 is 1.41 bits per heavy atom. The zero-order valence-corrected chi connectivity index (χ0v) is 9.32. The first-order valence-electron chi connectivity index (χ1n) is 5.23. The van der Waals surface area contributed by atoms with Crippen LogP contribution in [0.3, 0.4) is 0 Å². The topological polar surface area (TPSA) is 80.9 Å². The summed E-state index contributed by atoms with van der Waals surface area (Å²) in [4.78, 5) is 12.0. The predicted molar refractivity (Wildman–Crippen MR) is 60.1 cm³/mol. The van der Waals surface area contributed by atoms with E-state index >= 15 is 0 Å². The van der Waals surface area contributed by atoms with Crippen LogP contribution in [0, 0.1) is 5.92 Å². The van der Waals surface area contributed by atoms with E-state index in [1.54, 1.807) is 6.92 Å². The lowest BCUT2D eigenvalue weighted by Crippen LogP contribution is -2.18. The molecule has 1 aromatic heterocycles. The molecule has 0 saturated heterocycles. The van der Waals surface area contributed by atoms with Gasteiger partial charge in [-0.15, -0.1) is 10.2 Å². The van der Waals surface area contributed by atoms with Crippen LogP contribution in [0.25, 0.3) is 11.4 Å².